The van der Waals surface area contributed by atoms with E-state index in [4.69, 9.17) is 9.47 Å². The molecule has 1 heterocycles. The van der Waals surface area contributed by atoms with Crippen LogP contribution in [0.1, 0.15) is 38.1 Å². The molecule has 0 aromatic heterocycles. The van der Waals surface area contributed by atoms with E-state index in [9.17, 15) is 13.2 Å². The first-order valence-corrected chi connectivity index (χ1v) is 11.9. The topological polar surface area (TPSA) is 84.9 Å². The van der Waals surface area contributed by atoms with Gasteiger partial charge in [0.15, 0.2) is 0 Å². The van der Waals surface area contributed by atoms with Crippen LogP contribution in [-0.4, -0.2) is 50.5 Å². The Balaban J connectivity index is 1.80. The Morgan fingerprint density at radius 2 is 1.81 bits per heavy atom. The Morgan fingerprint density at radius 3 is 2.48 bits per heavy atom. The minimum Gasteiger partial charge on any atom is -0.491 e. The fraction of sp³-hybridized carbons (Fsp3) is 0.435. The number of hydrogen-bond donors (Lipinski definition) is 1. The number of carbonyl (C=O) groups is 1. The van der Waals surface area contributed by atoms with Crippen molar-refractivity contribution in [2.75, 3.05) is 25.0 Å². The Bertz CT molecular complexity index is 1010. The molecule has 1 N–H and O–H groups in total. The quantitative estimate of drug-likeness (QED) is 0.700. The van der Waals surface area contributed by atoms with Gasteiger partial charge in [0, 0.05) is 18.7 Å². The molecule has 1 fully saturated rings. The van der Waals surface area contributed by atoms with E-state index in [-0.39, 0.29) is 35.8 Å². The van der Waals surface area contributed by atoms with E-state index in [0.29, 0.717) is 24.0 Å². The van der Waals surface area contributed by atoms with Crippen molar-refractivity contribution >= 4 is 21.6 Å². The molecule has 8 heteroatoms. The smallest absolute Gasteiger partial charge is 0.255 e. The molecule has 2 atom stereocenters. The number of nitrogens with zero attached hydrogens (tertiary/aromatic N) is 1. The van der Waals surface area contributed by atoms with Gasteiger partial charge < -0.3 is 14.8 Å². The van der Waals surface area contributed by atoms with E-state index < -0.39 is 15.9 Å². The minimum absolute atomic E-state index is 0.0887. The number of hydrogen-bond acceptors (Lipinski definition) is 5. The zero-order valence-corrected chi connectivity index (χ0v) is 19.2. The van der Waals surface area contributed by atoms with Gasteiger partial charge in [0.25, 0.3) is 5.91 Å². The molecule has 2 aromatic rings. The van der Waals surface area contributed by atoms with Gasteiger partial charge >= 0.3 is 0 Å². The normalized spacial score (nSPS) is 19.9. The van der Waals surface area contributed by atoms with Crippen LogP contribution >= 0.6 is 0 Å². The third-order valence-corrected chi connectivity index (χ3v) is 6.66. The molecule has 2 unspecified atom stereocenters. The molecular formula is C23H30N2O5S. The minimum atomic E-state index is -3.73. The van der Waals surface area contributed by atoms with Crippen LogP contribution < -0.4 is 10.1 Å². The standard InChI is InChI=1S/C23H30N2O5S/c1-16(2)15-29-22-11-6-5-10-21(22)24-23(26)19-8-7-9-20(12-19)31(27,28)25-13-17(3)30-18(4)14-25/h5-12,16-18H,13-15H2,1-4H3,(H,24,26). The lowest BCUT2D eigenvalue weighted by Gasteiger charge is -2.34. The number of sulfonamides is 1. The van der Waals surface area contributed by atoms with Gasteiger partial charge in [-0.05, 0) is 50.1 Å². The lowest BCUT2D eigenvalue weighted by atomic mass is 10.2. The van der Waals surface area contributed by atoms with E-state index in [2.05, 4.69) is 5.32 Å². The van der Waals surface area contributed by atoms with Gasteiger partial charge in [-0.3, -0.25) is 4.79 Å². The zero-order chi connectivity index (χ0) is 22.6. The zero-order valence-electron chi connectivity index (χ0n) is 18.4. The average Bonchev–Trinajstić information content (AvgIpc) is 2.72. The fourth-order valence-electron chi connectivity index (χ4n) is 3.42. The van der Waals surface area contributed by atoms with Crippen molar-refractivity contribution in [3.63, 3.8) is 0 Å². The Morgan fingerprint density at radius 1 is 1.13 bits per heavy atom. The molecule has 1 amide bonds. The second-order valence-corrected chi connectivity index (χ2v) is 10.2. The SMILES string of the molecule is CC(C)COc1ccccc1NC(=O)c1cccc(S(=O)(=O)N2CC(C)OC(C)C2)c1. The summed E-state index contributed by atoms with van der Waals surface area (Å²) in [4.78, 5) is 13.0. The molecule has 0 bridgehead atoms. The second-order valence-electron chi connectivity index (χ2n) is 8.26. The van der Waals surface area contributed by atoms with E-state index >= 15 is 0 Å². The number of carbonyl (C=O) groups excluding carboxylic acids is 1. The highest BCUT2D eigenvalue weighted by Gasteiger charge is 2.32. The second kappa shape index (κ2) is 9.80. The number of morpholine rings is 1. The average molecular weight is 447 g/mol. The summed E-state index contributed by atoms with van der Waals surface area (Å²) in [7, 11) is -3.73. The number of para-hydroxylation sites is 2. The first kappa shape index (κ1) is 23.2. The van der Waals surface area contributed by atoms with Crippen molar-refractivity contribution in [3.8, 4) is 5.75 Å². The molecule has 1 saturated heterocycles. The van der Waals surface area contributed by atoms with Crippen LogP contribution in [0.15, 0.2) is 53.4 Å². The van der Waals surface area contributed by atoms with E-state index in [1.54, 1.807) is 30.3 Å². The van der Waals surface area contributed by atoms with Crippen molar-refractivity contribution in [1.82, 2.24) is 4.31 Å². The van der Waals surface area contributed by atoms with Gasteiger partial charge in [0.05, 0.1) is 29.4 Å². The number of nitrogens with one attached hydrogen (secondary N) is 1. The summed E-state index contributed by atoms with van der Waals surface area (Å²) < 4.78 is 39.1. The maximum Gasteiger partial charge on any atom is 0.255 e. The summed E-state index contributed by atoms with van der Waals surface area (Å²) in [5.74, 6) is 0.516. The van der Waals surface area contributed by atoms with Gasteiger partial charge in [0.2, 0.25) is 10.0 Å². The number of rotatable bonds is 7. The van der Waals surface area contributed by atoms with Gasteiger partial charge in [-0.15, -0.1) is 0 Å². The monoisotopic (exact) mass is 446 g/mol. The first-order valence-electron chi connectivity index (χ1n) is 10.5. The molecule has 1 aliphatic rings. The first-order chi connectivity index (χ1) is 14.7. The van der Waals surface area contributed by atoms with Crippen LogP contribution in [0.5, 0.6) is 5.75 Å². The number of anilines is 1. The summed E-state index contributed by atoms with van der Waals surface area (Å²) in [6.07, 6.45) is -0.375. The van der Waals surface area contributed by atoms with Crippen LogP contribution in [0.2, 0.25) is 0 Å². The summed E-state index contributed by atoms with van der Waals surface area (Å²) in [5, 5.41) is 2.83. The molecule has 3 rings (SSSR count). The van der Waals surface area contributed by atoms with Crippen LogP contribution in [0.25, 0.3) is 0 Å². The van der Waals surface area contributed by atoms with E-state index in [1.807, 2.05) is 33.8 Å². The molecule has 0 saturated carbocycles. The molecule has 168 valence electrons. The highest BCUT2D eigenvalue weighted by atomic mass is 32.2. The third kappa shape index (κ3) is 5.84. The van der Waals surface area contributed by atoms with Crippen LogP contribution in [0.3, 0.4) is 0 Å². The predicted octanol–water partition coefficient (Wildman–Crippen LogP) is 3.77. The molecule has 7 nitrogen and oxygen atoms in total. The highest BCUT2D eigenvalue weighted by molar-refractivity contribution is 7.89. The predicted molar refractivity (Wildman–Crippen MR) is 120 cm³/mol. The molecule has 0 radical (unpaired) electrons. The van der Waals surface area contributed by atoms with E-state index in [0.717, 1.165) is 0 Å². The number of benzene rings is 2. The Labute approximate surface area is 184 Å². The lowest BCUT2D eigenvalue weighted by Crippen LogP contribution is -2.48. The maximum absolute atomic E-state index is 13.1. The van der Waals surface area contributed by atoms with Gasteiger partial charge in [-0.1, -0.05) is 32.0 Å². The molecular weight excluding hydrogens is 416 g/mol. The molecule has 1 aliphatic heterocycles. The van der Waals surface area contributed by atoms with Crippen molar-refractivity contribution in [2.24, 2.45) is 5.92 Å². The molecule has 0 aliphatic carbocycles. The van der Waals surface area contributed by atoms with Crippen LogP contribution in [0.4, 0.5) is 5.69 Å². The van der Waals surface area contributed by atoms with Crippen molar-refractivity contribution in [1.29, 1.82) is 0 Å². The van der Waals surface area contributed by atoms with Gasteiger partial charge in [0.1, 0.15) is 5.75 Å². The summed E-state index contributed by atoms with van der Waals surface area (Å²) in [6.45, 7) is 8.87. The molecule has 0 spiro atoms. The van der Waals surface area contributed by atoms with Crippen LogP contribution in [-0.2, 0) is 14.8 Å². The highest BCUT2D eigenvalue weighted by Crippen LogP contribution is 2.26. The van der Waals surface area contributed by atoms with Crippen molar-refractivity contribution < 1.29 is 22.7 Å². The van der Waals surface area contributed by atoms with Crippen molar-refractivity contribution in [3.05, 3.63) is 54.1 Å². The third-order valence-electron chi connectivity index (χ3n) is 4.83. The molecule has 2 aromatic carbocycles. The Hall–Kier alpha value is -2.42. The Kier molecular flexibility index (Phi) is 7.35. The summed E-state index contributed by atoms with van der Waals surface area (Å²) >= 11 is 0. The summed E-state index contributed by atoms with van der Waals surface area (Å²) in [5.41, 5.74) is 0.798. The van der Waals surface area contributed by atoms with Crippen molar-refractivity contribution in [2.45, 2.75) is 44.8 Å². The lowest BCUT2D eigenvalue weighted by molar-refractivity contribution is -0.0440. The largest absolute Gasteiger partial charge is 0.491 e. The molecule has 31 heavy (non-hydrogen) atoms. The van der Waals surface area contributed by atoms with Gasteiger partial charge in [-0.2, -0.15) is 4.31 Å². The fourth-order valence-corrected chi connectivity index (χ4v) is 5.06. The number of ether oxygens (including phenoxy) is 2. The summed E-state index contributed by atoms with van der Waals surface area (Å²) in [6, 6.07) is 13.3. The number of amides is 1. The van der Waals surface area contributed by atoms with E-state index in [1.165, 1.54) is 16.4 Å². The maximum atomic E-state index is 13.1. The van der Waals surface area contributed by atoms with Crippen LogP contribution in [0, 0.1) is 5.92 Å². The van der Waals surface area contributed by atoms with Gasteiger partial charge in [-0.25, -0.2) is 8.42 Å².